The highest BCUT2D eigenvalue weighted by Crippen LogP contribution is 2.12. The van der Waals surface area contributed by atoms with E-state index in [1.807, 2.05) is 25.1 Å². The zero-order chi connectivity index (χ0) is 19.2. The molecule has 2 aromatic carbocycles. The Morgan fingerprint density at radius 3 is 2.48 bits per heavy atom. The lowest BCUT2D eigenvalue weighted by Gasteiger charge is -2.06. The Kier molecular flexibility index (Phi) is 5.47. The third kappa shape index (κ3) is 4.70. The molecule has 6 nitrogen and oxygen atoms in total. The van der Waals surface area contributed by atoms with Gasteiger partial charge in [-0.15, -0.1) is 0 Å². The van der Waals surface area contributed by atoms with Crippen LogP contribution in [0.15, 0.2) is 70.4 Å². The molecule has 0 fully saturated rings. The predicted molar refractivity (Wildman–Crippen MR) is 104 cm³/mol. The summed E-state index contributed by atoms with van der Waals surface area (Å²) in [6.07, 6.45) is 2.96. The predicted octanol–water partition coefficient (Wildman–Crippen LogP) is 3.91. The number of rotatable bonds is 5. The lowest BCUT2D eigenvalue weighted by Crippen LogP contribution is -2.17. The summed E-state index contributed by atoms with van der Waals surface area (Å²) < 4.78 is 5.09. The molecular weight excluding hydrogens is 342 g/mol. The number of furan rings is 1. The molecule has 1 aromatic heterocycles. The molecule has 0 spiro atoms. The van der Waals surface area contributed by atoms with E-state index in [4.69, 9.17) is 4.42 Å². The minimum absolute atomic E-state index is 0.187. The molecule has 27 heavy (non-hydrogen) atoms. The maximum atomic E-state index is 12.3. The largest absolute Gasteiger partial charge is 0.469 e. The first kappa shape index (κ1) is 18.1. The zero-order valence-corrected chi connectivity index (χ0v) is 15.0. The van der Waals surface area contributed by atoms with Gasteiger partial charge in [0, 0.05) is 11.3 Å². The summed E-state index contributed by atoms with van der Waals surface area (Å²) in [6.45, 7) is 3.68. The minimum Gasteiger partial charge on any atom is -0.469 e. The smallest absolute Gasteiger partial charge is 0.274 e. The van der Waals surface area contributed by atoms with Crippen LogP contribution >= 0.6 is 0 Å². The third-order valence-electron chi connectivity index (χ3n) is 3.94. The number of aryl methyl sites for hydroxylation is 2. The highest BCUT2D eigenvalue weighted by Gasteiger charge is 2.10. The van der Waals surface area contributed by atoms with E-state index in [2.05, 4.69) is 15.8 Å². The fourth-order valence-electron chi connectivity index (χ4n) is 2.45. The molecule has 0 atom stereocenters. The Labute approximate surface area is 156 Å². The Morgan fingerprint density at radius 2 is 1.78 bits per heavy atom. The van der Waals surface area contributed by atoms with Crippen LogP contribution in [0, 0.1) is 13.8 Å². The van der Waals surface area contributed by atoms with Crippen molar-refractivity contribution in [2.75, 3.05) is 5.32 Å². The van der Waals surface area contributed by atoms with Gasteiger partial charge in [0.2, 0.25) is 0 Å². The van der Waals surface area contributed by atoms with Crippen molar-refractivity contribution in [2.45, 2.75) is 13.8 Å². The molecule has 0 unspecified atom stereocenters. The maximum absolute atomic E-state index is 12.3. The van der Waals surface area contributed by atoms with E-state index in [0.717, 1.165) is 11.1 Å². The van der Waals surface area contributed by atoms with Crippen molar-refractivity contribution in [1.82, 2.24) is 5.43 Å². The lowest BCUT2D eigenvalue weighted by molar-refractivity contribution is 0.0952. The molecule has 136 valence electrons. The van der Waals surface area contributed by atoms with Gasteiger partial charge in [-0.25, -0.2) is 5.43 Å². The third-order valence-corrected chi connectivity index (χ3v) is 3.94. The number of hydrogen-bond acceptors (Lipinski definition) is 4. The van der Waals surface area contributed by atoms with Crippen LogP contribution in [-0.2, 0) is 0 Å². The summed E-state index contributed by atoms with van der Waals surface area (Å²) in [5.74, 6) is -0.00216. The number of benzene rings is 2. The van der Waals surface area contributed by atoms with E-state index in [1.165, 1.54) is 12.5 Å². The second-order valence-corrected chi connectivity index (χ2v) is 6.04. The number of nitrogens with one attached hydrogen (secondary N) is 2. The van der Waals surface area contributed by atoms with E-state index in [1.54, 1.807) is 43.3 Å². The maximum Gasteiger partial charge on any atom is 0.274 e. The molecule has 3 aromatic rings. The first-order valence-corrected chi connectivity index (χ1v) is 8.38. The van der Waals surface area contributed by atoms with Crippen molar-refractivity contribution in [3.8, 4) is 0 Å². The molecule has 0 radical (unpaired) electrons. The van der Waals surface area contributed by atoms with Crippen LogP contribution in [0.4, 0.5) is 5.69 Å². The van der Waals surface area contributed by atoms with Crippen molar-refractivity contribution in [1.29, 1.82) is 0 Å². The van der Waals surface area contributed by atoms with E-state index in [-0.39, 0.29) is 11.8 Å². The van der Waals surface area contributed by atoms with Crippen molar-refractivity contribution in [2.24, 2.45) is 5.10 Å². The number of anilines is 1. The minimum atomic E-state index is -0.346. The van der Waals surface area contributed by atoms with Gasteiger partial charge in [-0.05, 0) is 49.7 Å². The summed E-state index contributed by atoms with van der Waals surface area (Å²) >= 11 is 0. The van der Waals surface area contributed by atoms with Crippen LogP contribution in [0.5, 0.6) is 0 Å². The van der Waals surface area contributed by atoms with Crippen LogP contribution in [0.3, 0.4) is 0 Å². The Morgan fingerprint density at radius 1 is 1.00 bits per heavy atom. The standard InChI is InChI=1S/C21H19N3O3/c1-14-6-8-17(9-7-14)20(25)23-18-5-3-4-16(12-18)13-22-24-21(26)19-10-11-27-15(19)2/h3-13H,1-2H3,(H,23,25)(H,24,26)/b22-13+. The number of hydrazone groups is 1. The molecule has 0 bridgehead atoms. The fraction of sp³-hybridized carbons (Fsp3) is 0.0952. The normalized spacial score (nSPS) is 10.7. The van der Waals surface area contributed by atoms with Crippen molar-refractivity contribution in [3.63, 3.8) is 0 Å². The molecule has 1 heterocycles. The second-order valence-electron chi connectivity index (χ2n) is 6.04. The van der Waals surface area contributed by atoms with Gasteiger partial charge in [0.25, 0.3) is 11.8 Å². The quantitative estimate of drug-likeness (QED) is 0.534. The number of carbonyl (C=O) groups excluding carboxylic acids is 2. The van der Waals surface area contributed by atoms with E-state index < -0.39 is 0 Å². The average molecular weight is 361 g/mol. The number of carbonyl (C=O) groups is 2. The van der Waals surface area contributed by atoms with Gasteiger partial charge in [0.15, 0.2) is 0 Å². The van der Waals surface area contributed by atoms with Crippen molar-refractivity contribution < 1.29 is 14.0 Å². The summed E-state index contributed by atoms with van der Waals surface area (Å²) in [7, 11) is 0. The van der Waals surface area contributed by atoms with Crippen LogP contribution in [0.2, 0.25) is 0 Å². The molecule has 0 saturated heterocycles. The number of amides is 2. The Balaban J connectivity index is 1.63. The number of hydrogen-bond donors (Lipinski definition) is 2. The van der Waals surface area contributed by atoms with Gasteiger partial charge in [0.1, 0.15) is 5.76 Å². The second kappa shape index (κ2) is 8.14. The van der Waals surface area contributed by atoms with Gasteiger partial charge in [0.05, 0.1) is 18.0 Å². The monoisotopic (exact) mass is 361 g/mol. The highest BCUT2D eigenvalue weighted by atomic mass is 16.3. The lowest BCUT2D eigenvalue weighted by atomic mass is 10.1. The SMILES string of the molecule is Cc1ccc(C(=O)Nc2cccc(/C=N/NC(=O)c3ccoc3C)c2)cc1. The van der Waals surface area contributed by atoms with Crippen LogP contribution in [0.1, 0.15) is 37.6 Å². The summed E-state index contributed by atoms with van der Waals surface area (Å²) in [5.41, 5.74) is 5.94. The summed E-state index contributed by atoms with van der Waals surface area (Å²) in [5, 5.41) is 6.79. The van der Waals surface area contributed by atoms with Gasteiger partial charge in [-0.3, -0.25) is 9.59 Å². The zero-order valence-electron chi connectivity index (χ0n) is 15.0. The van der Waals surface area contributed by atoms with E-state index in [9.17, 15) is 9.59 Å². The van der Waals surface area contributed by atoms with Gasteiger partial charge in [-0.2, -0.15) is 5.10 Å². The summed E-state index contributed by atoms with van der Waals surface area (Å²) in [6, 6.07) is 16.1. The first-order chi connectivity index (χ1) is 13.0. The van der Waals surface area contributed by atoms with Gasteiger partial charge < -0.3 is 9.73 Å². The van der Waals surface area contributed by atoms with Gasteiger partial charge >= 0.3 is 0 Å². The summed E-state index contributed by atoms with van der Waals surface area (Å²) in [4.78, 5) is 24.3. The Hall–Kier alpha value is -3.67. The van der Waals surface area contributed by atoms with Crippen LogP contribution in [-0.4, -0.2) is 18.0 Å². The topological polar surface area (TPSA) is 83.7 Å². The molecule has 2 N–H and O–H groups in total. The van der Waals surface area contributed by atoms with Crippen LogP contribution < -0.4 is 10.7 Å². The molecule has 2 amide bonds. The molecule has 0 aliphatic carbocycles. The number of nitrogens with zero attached hydrogens (tertiary/aromatic N) is 1. The Bertz CT molecular complexity index is 988. The van der Waals surface area contributed by atoms with Gasteiger partial charge in [-0.1, -0.05) is 29.8 Å². The van der Waals surface area contributed by atoms with E-state index >= 15 is 0 Å². The average Bonchev–Trinajstić information content (AvgIpc) is 3.08. The van der Waals surface area contributed by atoms with E-state index in [0.29, 0.717) is 22.6 Å². The highest BCUT2D eigenvalue weighted by molar-refractivity contribution is 6.04. The van der Waals surface area contributed by atoms with Crippen molar-refractivity contribution >= 4 is 23.7 Å². The molecular formula is C21H19N3O3. The molecule has 3 rings (SSSR count). The molecule has 0 aliphatic heterocycles. The fourth-order valence-corrected chi connectivity index (χ4v) is 2.45. The molecule has 6 heteroatoms. The molecule has 0 saturated carbocycles. The first-order valence-electron chi connectivity index (χ1n) is 8.38. The van der Waals surface area contributed by atoms with Crippen LogP contribution in [0.25, 0.3) is 0 Å². The molecule has 0 aliphatic rings. The van der Waals surface area contributed by atoms with Crippen molar-refractivity contribution in [3.05, 3.63) is 88.9 Å².